The van der Waals surface area contributed by atoms with E-state index in [1.54, 1.807) is 13.8 Å². The van der Waals surface area contributed by atoms with Crippen LogP contribution in [0.1, 0.15) is 35.5 Å². The van der Waals surface area contributed by atoms with Gasteiger partial charge in [-0.05, 0) is 20.3 Å². The van der Waals surface area contributed by atoms with Crippen LogP contribution in [-0.4, -0.2) is 53.4 Å². The molecule has 23 heavy (non-hydrogen) atoms. The van der Waals surface area contributed by atoms with E-state index in [9.17, 15) is 19.5 Å². The first kappa shape index (κ1) is 16.9. The third-order valence-electron chi connectivity index (χ3n) is 3.65. The van der Waals surface area contributed by atoms with Crippen molar-refractivity contribution in [2.24, 2.45) is 0 Å². The van der Waals surface area contributed by atoms with E-state index in [0.717, 1.165) is 0 Å². The molecule has 1 aromatic heterocycles. The number of carbonyl (C=O) groups is 2. The molecule has 0 aliphatic carbocycles. The third-order valence-corrected chi connectivity index (χ3v) is 3.65. The summed E-state index contributed by atoms with van der Waals surface area (Å²) in [6.45, 7) is 4.40. The van der Waals surface area contributed by atoms with Crippen molar-refractivity contribution in [3.8, 4) is 5.75 Å². The molecule has 0 aromatic carbocycles. The molecule has 2 heterocycles. The maximum atomic E-state index is 12.0. The molecule has 0 saturated carbocycles. The fourth-order valence-electron chi connectivity index (χ4n) is 2.55. The van der Waals surface area contributed by atoms with Crippen molar-refractivity contribution in [1.29, 1.82) is 0 Å². The van der Waals surface area contributed by atoms with E-state index < -0.39 is 23.2 Å². The first-order chi connectivity index (χ1) is 11.0. The number of hydrogen-bond donors (Lipinski definition) is 2. The smallest absolute Gasteiger partial charge is 0.409 e. The summed E-state index contributed by atoms with van der Waals surface area (Å²) in [7, 11) is 0. The molecule has 0 atom stereocenters. The van der Waals surface area contributed by atoms with E-state index in [4.69, 9.17) is 9.47 Å². The van der Waals surface area contributed by atoms with E-state index in [2.05, 4.69) is 4.98 Å². The van der Waals surface area contributed by atoms with Crippen LogP contribution in [0.2, 0.25) is 0 Å². The summed E-state index contributed by atoms with van der Waals surface area (Å²) >= 11 is 0. The molecular weight excluding hydrogens is 304 g/mol. The van der Waals surface area contributed by atoms with Crippen molar-refractivity contribution in [3.05, 3.63) is 27.2 Å². The van der Waals surface area contributed by atoms with Gasteiger partial charge in [0, 0.05) is 30.8 Å². The summed E-state index contributed by atoms with van der Waals surface area (Å²) in [4.78, 5) is 39.8. The van der Waals surface area contributed by atoms with Crippen LogP contribution in [-0.2, 0) is 22.3 Å². The highest BCUT2D eigenvalue weighted by Gasteiger charge is 2.27. The van der Waals surface area contributed by atoms with Gasteiger partial charge in [0.05, 0.1) is 13.2 Å². The van der Waals surface area contributed by atoms with Gasteiger partial charge < -0.3 is 24.5 Å². The Balaban J connectivity index is 2.32. The number of aromatic hydroxyl groups is 1. The van der Waals surface area contributed by atoms with Crippen LogP contribution < -0.4 is 5.56 Å². The lowest BCUT2D eigenvalue weighted by atomic mass is 10.0. The Kier molecular flexibility index (Phi) is 5.25. The maximum Gasteiger partial charge on any atom is 0.409 e. The van der Waals surface area contributed by atoms with E-state index in [1.807, 2.05) is 0 Å². The number of H-pyrrole nitrogens is 1. The SMILES string of the molecule is CCOC(=O)c1c(O)c2c([nH]c1=O)CCN(C(=O)OCC)CC2. The van der Waals surface area contributed by atoms with E-state index in [1.165, 1.54) is 4.90 Å². The van der Waals surface area contributed by atoms with Gasteiger partial charge in [-0.2, -0.15) is 0 Å². The highest BCUT2D eigenvalue weighted by atomic mass is 16.6. The van der Waals surface area contributed by atoms with Gasteiger partial charge in [0.1, 0.15) is 5.75 Å². The zero-order valence-corrected chi connectivity index (χ0v) is 13.2. The van der Waals surface area contributed by atoms with Gasteiger partial charge in [0.15, 0.2) is 5.56 Å². The Morgan fingerprint density at radius 3 is 2.48 bits per heavy atom. The van der Waals surface area contributed by atoms with Crippen molar-refractivity contribution in [1.82, 2.24) is 9.88 Å². The molecule has 1 aliphatic rings. The van der Waals surface area contributed by atoms with Crippen molar-refractivity contribution in [3.63, 3.8) is 0 Å². The maximum absolute atomic E-state index is 12.0. The summed E-state index contributed by atoms with van der Waals surface area (Å²) in [6, 6.07) is 0. The van der Waals surface area contributed by atoms with Gasteiger partial charge in [0.2, 0.25) is 0 Å². The fraction of sp³-hybridized carbons (Fsp3) is 0.533. The zero-order chi connectivity index (χ0) is 17.0. The number of ether oxygens (including phenoxy) is 2. The second-order valence-corrected chi connectivity index (χ2v) is 5.04. The van der Waals surface area contributed by atoms with Gasteiger partial charge in [-0.1, -0.05) is 0 Å². The van der Waals surface area contributed by atoms with Crippen molar-refractivity contribution in [2.45, 2.75) is 26.7 Å². The van der Waals surface area contributed by atoms with Crippen LogP contribution >= 0.6 is 0 Å². The van der Waals surface area contributed by atoms with E-state index in [-0.39, 0.29) is 19.0 Å². The molecule has 0 saturated heterocycles. The molecule has 8 nitrogen and oxygen atoms in total. The summed E-state index contributed by atoms with van der Waals surface area (Å²) in [6.07, 6.45) is 0.233. The fourth-order valence-corrected chi connectivity index (χ4v) is 2.55. The lowest BCUT2D eigenvalue weighted by molar-refractivity contribution is 0.0520. The number of aromatic amines is 1. The van der Waals surface area contributed by atoms with E-state index >= 15 is 0 Å². The number of aromatic nitrogens is 1. The number of carbonyl (C=O) groups excluding carboxylic acids is 2. The van der Waals surface area contributed by atoms with Crippen LogP contribution in [0.15, 0.2) is 4.79 Å². The lowest BCUT2D eigenvalue weighted by Crippen LogP contribution is -2.33. The molecule has 1 amide bonds. The van der Waals surface area contributed by atoms with E-state index in [0.29, 0.717) is 37.2 Å². The molecule has 126 valence electrons. The minimum atomic E-state index is -0.861. The predicted octanol–water partition coefficient (Wildman–Crippen LogP) is 0.814. The lowest BCUT2D eigenvalue weighted by Gasteiger charge is -2.18. The molecular formula is C15H20N2O6. The molecule has 8 heteroatoms. The average Bonchev–Trinajstić information content (AvgIpc) is 2.70. The number of nitrogens with one attached hydrogen (secondary N) is 1. The largest absolute Gasteiger partial charge is 0.506 e. The number of rotatable bonds is 3. The normalized spacial score (nSPS) is 13.9. The van der Waals surface area contributed by atoms with Gasteiger partial charge in [0.25, 0.3) is 5.56 Å². The van der Waals surface area contributed by atoms with Crippen LogP contribution in [0.25, 0.3) is 0 Å². The summed E-state index contributed by atoms with van der Waals surface area (Å²) in [5.74, 6) is -1.23. The van der Waals surface area contributed by atoms with Crippen LogP contribution in [0, 0.1) is 0 Å². The minimum absolute atomic E-state index is 0.103. The highest BCUT2D eigenvalue weighted by Crippen LogP contribution is 2.26. The van der Waals surface area contributed by atoms with Crippen LogP contribution in [0.3, 0.4) is 0 Å². The Bertz CT molecular complexity index is 667. The number of nitrogens with zero attached hydrogens (tertiary/aromatic N) is 1. The number of esters is 1. The van der Waals surface area contributed by atoms with Crippen molar-refractivity contribution in [2.75, 3.05) is 26.3 Å². The van der Waals surface area contributed by atoms with Crippen LogP contribution in [0.4, 0.5) is 4.79 Å². The second kappa shape index (κ2) is 7.17. The Labute approximate surface area is 133 Å². The van der Waals surface area contributed by atoms with Gasteiger partial charge in [-0.25, -0.2) is 9.59 Å². The summed E-state index contributed by atoms with van der Waals surface area (Å²) in [5.41, 5.74) is -0.105. The summed E-state index contributed by atoms with van der Waals surface area (Å²) in [5, 5.41) is 10.3. The topological polar surface area (TPSA) is 109 Å². The standard InChI is InChI=1S/C15H20N2O6/c1-3-22-14(20)11-12(18)9-5-7-17(15(21)23-4-2)8-6-10(9)16-13(11)19/h3-8H2,1-2H3,(H2,16,18,19). The number of pyridine rings is 1. The number of hydrogen-bond acceptors (Lipinski definition) is 6. The molecule has 0 fully saturated rings. The second-order valence-electron chi connectivity index (χ2n) is 5.04. The molecule has 2 N–H and O–H groups in total. The number of fused-ring (bicyclic) bond motifs is 1. The summed E-state index contributed by atoms with van der Waals surface area (Å²) < 4.78 is 9.76. The third kappa shape index (κ3) is 3.46. The van der Waals surface area contributed by atoms with Gasteiger partial charge in [-0.3, -0.25) is 4.79 Å². The molecule has 0 unspecified atom stereocenters. The molecule has 0 bridgehead atoms. The Hall–Kier alpha value is -2.51. The van der Waals surface area contributed by atoms with Crippen molar-refractivity contribution >= 4 is 12.1 Å². The Morgan fingerprint density at radius 2 is 1.83 bits per heavy atom. The zero-order valence-electron chi connectivity index (χ0n) is 13.2. The minimum Gasteiger partial charge on any atom is -0.506 e. The molecule has 0 spiro atoms. The molecule has 0 radical (unpaired) electrons. The molecule has 1 aliphatic heterocycles. The highest BCUT2D eigenvalue weighted by molar-refractivity contribution is 5.92. The van der Waals surface area contributed by atoms with Crippen LogP contribution in [0.5, 0.6) is 5.75 Å². The van der Waals surface area contributed by atoms with Gasteiger partial charge in [-0.15, -0.1) is 0 Å². The predicted molar refractivity (Wildman–Crippen MR) is 80.7 cm³/mol. The average molecular weight is 324 g/mol. The molecule has 1 aromatic rings. The first-order valence-electron chi connectivity index (χ1n) is 7.55. The first-order valence-corrected chi connectivity index (χ1v) is 7.55. The van der Waals surface area contributed by atoms with Crippen molar-refractivity contribution < 1.29 is 24.2 Å². The molecule has 2 rings (SSSR count). The quantitative estimate of drug-likeness (QED) is 0.797. The van der Waals surface area contributed by atoms with Gasteiger partial charge >= 0.3 is 12.1 Å². The number of amides is 1. The Morgan fingerprint density at radius 1 is 1.17 bits per heavy atom. The monoisotopic (exact) mass is 324 g/mol.